The van der Waals surface area contributed by atoms with Crippen molar-refractivity contribution in [2.24, 2.45) is 11.8 Å². The van der Waals surface area contributed by atoms with Crippen LogP contribution in [0.25, 0.3) is 0 Å². The molecule has 2 fully saturated rings. The number of rotatable bonds is 6. The van der Waals surface area contributed by atoms with Gasteiger partial charge < -0.3 is 15.0 Å². The lowest BCUT2D eigenvalue weighted by atomic mass is 9.93. The van der Waals surface area contributed by atoms with Gasteiger partial charge in [0, 0.05) is 19.1 Å². The minimum Gasteiger partial charge on any atom is -0.469 e. The van der Waals surface area contributed by atoms with Crippen molar-refractivity contribution < 1.29 is 9.53 Å². The molecule has 1 heterocycles. The van der Waals surface area contributed by atoms with Crippen LogP contribution in [0.15, 0.2) is 0 Å². The van der Waals surface area contributed by atoms with Gasteiger partial charge in [0.25, 0.3) is 0 Å². The van der Waals surface area contributed by atoms with Crippen LogP contribution in [0, 0.1) is 11.8 Å². The molecule has 4 nitrogen and oxygen atoms in total. The van der Waals surface area contributed by atoms with Crippen LogP contribution >= 0.6 is 0 Å². The summed E-state index contributed by atoms with van der Waals surface area (Å²) >= 11 is 0. The largest absolute Gasteiger partial charge is 0.469 e. The highest BCUT2D eigenvalue weighted by molar-refractivity contribution is 5.72. The summed E-state index contributed by atoms with van der Waals surface area (Å²) in [7, 11) is 1.50. The topological polar surface area (TPSA) is 41.6 Å². The molecule has 4 heteroatoms. The van der Waals surface area contributed by atoms with Gasteiger partial charge in [-0.25, -0.2) is 0 Å². The Morgan fingerprint density at radius 3 is 2.70 bits per heavy atom. The van der Waals surface area contributed by atoms with Crippen LogP contribution in [0.2, 0.25) is 0 Å². The van der Waals surface area contributed by atoms with E-state index in [1.54, 1.807) is 0 Å². The van der Waals surface area contributed by atoms with E-state index in [1.165, 1.54) is 32.8 Å². The highest BCUT2D eigenvalue weighted by Gasteiger charge is 2.32. The Balaban J connectivity index is 1.83. The summed E-state index contributed by atoms with van der Waals surface area (Å²) in [6, 6.07) is 0.444. The van der Waals surface area contributed by atoms with Crippen molar-refractivity contribution in [2.75, 3.05) is 33.3 Å². The number of carbonyl (C=O) groups excluding carboxylic acids is 1. The van der Waals surface area contributed by atoms with E-state index in [2.05, 4.69) is 17.1 Å². The van der Waals surface area contributed by atoms with Gasteiger partial charge in [0.2, 0.25) is 0 Å². The summed E-state index contributed by atoms with van der Waals surface area (Å²) < 4.78 is 4.95. The average Bonchev–Trinajstić information content (AvgIpc) is 2.97. The smallest absolute Gasteiger partial charge is 0.310 e. The molecule has 0 spiro atoms. The maximum atomic E-state index is 11.8. The zero-order valence-electron chi connectivity index (χ0n) is 13.1. The molecule has 0 bridgehead atoms. The molecule has 116 valence electrons. The van der Waals surface area contributed by atoms with Gasteiger partial charge >= 0.3 is 5.97 Å². The summed E-state index contributed by atoms with van der Waals surface area (Å²) in [5.41, 5.74) is 0. The fourth-order valence-corrected chi connectivity index (χ4v) is 3.72. The molecular formula is C16H30N2O2. The van der Waals surface area contributed by atoms with Crippen LogP contribution in [0.1, 0.15) is 45.4 Å². The van der Waals surface area contributed by atoms with Crippen molar-refractivity contribution in [3.63, 3.8) is 0 Å². The second-order valence-corrected chi connectivity index (χ2v) is 6.47. The molecule has 0 aromatic heterocycles. The Labute approximate surface area is 123 Å². The third-order valence-corrected chi connectivity index (χ3v) is 4.77. The molecule has 0 aromatic rings. The maximum Gasteiger partial charge on any atom is 0.310 e. The molecule has 0 radical (unpaired) electrons. The van der Waals surface area contributed by atoms with Gasteiger partial charge in [-0.2, -0.15) is 0 Å². The molecule has 20 heavy (non-hydrogen) atoms. The minimum absolute atomic E-state index is 0.0429. The molecule has 1 saturated carbocycles. The first-order chi connectivity index (χ1) is 9.72. The van der Waals surface area contributed by atoms with E-state index in [4.69, 9.17) is 4.74 Å². The lowest BCUT2D eigenvalue weighted by Crippen LogP contribution is -2.52. The quantitative estimate of drug-likeness (QED) is 0.757. The number of carbonyl (C=O) groups is 1. The van der Waals surface area contributed by atoms with Crippen molar-refractivity contribution >= 4 is 5.97 Å². The van der Waals surface area contributed by atoms with Crippen LogP contribution < -0.4 is 5.32 Å². The first-order valence-corrected chi connectivity index (χ1v) is 8.26. The maximum absolute atomic E-state index is 11.8. The van der Waals surface area contributed by atoms with Crippen LogP contribution in [0.4, 0.5) is 0 Å². The van der Waals surface area contributed by atoms with Crippen molar-refractivity contribution in [3.05, 3.63) is 0 Å². The Hall–Kier alpha value is -0.610. The Bertz CT molecular complexity index is 303. The summed E-state index contributed by atoms with van der Waals surface area (Å²) in [6.45, 7) is 6.34. The number of methoxy groups -OCH3 is 1. The van der Waals surface area contributed by atoms with Gasteiger partial charge in [-0.1, -0.05) is 19.8 Å². The van der Waals surface area contributed by atoms with Crippen LogP contribution in [0.3, 0.4) is 0 Å². The van der Waals surface area contributed by atoms with E-state index < -0.39 is 0 Å². The predicted molar refractivity (Wildman–Crippen MR) is 80.6 cm³/mol. The van der Waals surface area contributed by atoms with Gasteiger partial charge in [-0.05, 0) is 44.7 Å². The Kier molecular flexibility index (Phi) is 6.30. The standard InChI is InChI=1S/C16H30N2O2/c1-3-8-18-11-14(16(19)20-2)9-15(12-18)17-10-13-6-4-5-7-13/h13-15,17H,3-12H2,1-2H3. The fourth-order valence-electron chi connectivity index (χ4n) is 3.72. The van der Waals surface area contributed by atoms with Crippen LogP contribution in [-0.4, -0.2) is 50.2 Å². The Morgan fingerprint density at radius 1 is 1.30 bits per heavy atom. The number of nitrogens with one attached hydrogen (secondary N) is 1. The number of ether oxygens (including phenoxy) is 1. The van der Waals surface area contributed by atoms with E-state index >= 15 is 0 Å². The van der Waals surface area contributed by atoms with Crippen molar-refractivity contribution in [1.29, 1.82) is 0 Å². The summed E-state index contributed by atoms with van der Waals surface area (Å²) in [5.74, 6) is 0.855. The molecule has 2 atom stereocenters. The molecule has 2 unspecified atom stereocenters. The van der Waals surface area contributed by atoms with E-state index in [-0.39, 0.29) is 11.9 Å². The minimum atomic E-state index is -0.0431. The molecule has 2 aliphatic rings. The van der Waals surface area contributed by atoms with Gasteiger partial charge in [-0.15, -0.1) is 0 Å². The number of piperidine rings is 1. The summed E-state index contributed by atoms with van der Waals surface area (Å²) in [4.78, 5) is 14.3. The van der Waals surface area contributed by atoms with Crippen molar-refractivity contribution in [1.82, 2.24) is 10.2 Å². The van der Waals surface area contributed by atoms with E-state index in [0.717, 1.165) is 44.9 Å². The van der Waals surface area contributed by atoms with Crippen molar-refractivity contribution in [2.45, 2.75) is 51.5 Å². The first-order valence-electron chi connectivity index (χ1n) is 8.26. The first kappa shape index (κ1) is 15.8. The molecular weight excluding hydrogens is 252 g/mol. The number of hydrogen-bond donors (Lipinski definition) is 1. The van der Waals surface area contributed by atoms with Gasteiger partial charge in [0.15, 0.2) is 0 Å². The van der Waals surface area contributed by atoms with Crippen molar-refractivity contribution in [3.8, 4) is 0 Å². The summed E-state index contributed by atoms with van der Waals surface area (Å²) in [6.07, 6.45) is 7.61. The number of esters is 1. The third-order valence-electron chi connectivity index (χ3n) is 4.77. The highest BCUT2D eigenvalue weighted by atomic mass is 16.5. The third kappa shape index (κ3) is 4.45. The second-order valence-electron chi connectivity index (χ2n) is 6.47. The zero-order valence-corrected chi connectivity index (χ0v) is 13.1. The Morgan fingerprint density at radius 2 is 2.05 bits per heavy atom. The number of hydrogen-bond acceptors (Lipinski definition) is 4. The number of nitrogens with zero attached hydrogens (tertiary/aromatic N) is 1. The SMILES string of the molecule is CCCN1CC(NCC2CCCC2)CC(C(=O)OC)C1. The fraction of sp³-hybridized carbons (Fsp3) is 0.938. The normalized spacial score (nSPS) is 28.7. The molecule has 2 rings (SSSR count). The highest BCUT2D eigenvalue weighted by Crippen LogP contribution is 2.25. The second kappa shape index (κ2) is 7.99. The average molecular weight is 282 g/mol. The zero-order chi connectivity index (χ0) is 14.4. The van der Waals surface area contributed by atoms with E-state index in [1.807, 2.05) is 0 Å². The monoisotopic (exact) mass is 282 g/mol. The van der Waals surface area contributed by atoms with E-state index in [9.17, 15) is 4.79 Å². The van der Waals surface area contributed by atoms with Crippen LogP contribution in [0.5, 0.6) is 0 Å². The molecule has 0 amide bonds. The molecule has 1 aliphatic carbocycles. The molecule has 1 saturated heterocycles. The predicted octanol–water partition coefficient (Wildman–Crippen LogP) is 2.04. The summed E-state index contributed by atoms with van der Waals surface area (Å²) in [5, 5.41) is 3.71. The molecule has 1 aliphatic heterocycles. The lowest BCUT2D eigenvalue weighted by molar-refractivity contribution is -0.147. The van der Waals surface area contributed by atoms with Gasteiger partial charge in [0.1, 0.15) is 0 Å². The lowest BCUT2D eigenvalue weighted by Gasteiger charge is -2.37. The van der Waals surface area contributed by atoms with Gasteiger partial charge in [-0.3, -0.25) is 4.79 Å². The van der Waals surface area contributed by atoms with Gasteiger partial charge in [0.05, 0.1) is 13.0 Å². The van der Waals surface area contributed by atoms with E-state index in [0.29, 0.717) is 6.04 Å². The number of likely N-dealkylation sites (tertiary alicyclic amines) is 1. The molecule has 0 aromatic carbocycles. The van der Waals surface area contributed by atoms with Crippen LogP contribution in [-0.2, 0) is 9.53 Å². The molecule has 1 N–H and O–H groups in total.